The van der Waals surface area contributed by atoms with Gasteiger partial charge in [0.1, 0.15) is 5.82 Å². The van der Waals surface area contributed by atoms with Crippen molar-refractivity contribution >= 4 is 22.9 Å². The molecule has 0 unspecified atom stereocenters. The molecule has 3 heterocycles. The first-order valence-electron chi connectivity index (χ1n) is 9.05. The third-order valence-electron chi connectivity index (χ3n) is 4.78. The van der Waals surface area contributed by atoms with Crippen LogP contribution in [-0.4, -0.2) is 38.9 Å². The third kappa shape index (κ3) is 3.69. The Morgan fingerprint density at radius 2 is 2.04 bits per heavy atom. The molecule has 1 fully saturated rings. The van der Waals surface area contributed by atoms with Crippen LogP contribution in [0.2, 0.25) is 0 Å². The Bertz CT molecular complexity index is 977. The van der Waals surface area contributed by atoms with Gasteiger partial charge in [-0.1, -0.05) is 12.8 Å². The van der Waals surface area contributed by atoms with E-state index in [0.29, 0.717) is 22.7 Å². The molecule has 2 N–H and O–H groups in total. The van der Waals surface area contributed by atoms with Crippen LogP contribution in [0.5, 0.6) is 5.88 Å². The van der Waals surface area contributed by atoms with Crippen molar-refractivity contribution in [2.24, 2.45) is 7.05 Å². The Balaban J connectivity index is 1.61. The van der Waals surface area contributed by atoms with E-state index in [1.807, 2.05) is 25.4 Å². The van der Waals surface area contributed by atoms with Gasteiger partial charge in [0.25, 0.3) is 0 Å². The average Bonchev–Trinajstić information content (AvgIpc) is 3.32. The fraction of sp³-hybridized carbons (Fsp3) is 0.368. The Labute approximate surface area is 157 Å². The number of aryl methyl sites for hydroxylation is 1. The van der Waals surface area contributed by atoms with Gasteiger partial charge in [0.2, 0.25) is 5.88 Å². The fourth-order valence-electron chi connectivity index (χ4n) is 3.44. The molecule has 0 bridgehead atoms. The van der Waals surface area contributed by atoms with Gasteiger partial charge in [0.15, 0.2) is 0 Å². The van der Waals surface area contributed by atoms with Crippen LogP contribution in [0.3, 0.4) is 0 Å². The van der Waals surface area contributed by atoms with Crippen molar-refractivity contribution in [3.63, 3.8) is 0 Å². The molecule has 0 atom stereocenters. The average molecular weight is 366 g/mol. The van der Waals surface area contributed by atoms with Crippen molar-refractivity contribution in [2.45, 2.75) is 31.7 Å². The fourth-order valence-corrected chi connectivity index (χ4v) is 3.44. The van der Waals surface area contributed by atoms with E-state index in [9.17, 15) is 4.79 Å². The maximum absolute atomic E-state index is 12.2. The van der Waals surface area contributed by atoms with Gasteiger partial charge in [-0.15, -0.1) is 0 Å². The third-order valence-corrected chi connectivity index (χ3v) is 4.78. The van der Waals surface area contributed by atoms with Crippen LogP contribution in [0.4, 0.5) is 10.6 Å². The first-order chi connectivity index (χ1) is 13.1. The van der Waals surface area contributed by atoms with Crippen molar-refractivity contribution in [3.8, 4) is 17.0 Å². The van der Waals surface area contributed by atoms with Crippen molar-refractivity contribution in [2.75, 3.05) is 12.4 Å². The van der Waals surface area contributed by atoms with Gasteiger partial charge >= 0.3 is 6.03 Å². The molecule has 3 aromatic heterocycles. The van der Waals surface area contributed by atoms with Gasteiger partial charge in [-0.3, -0.25) is 10.00 Å². The largest absolute Gasteiger partial charge is 0.481 e. The molecular formula is C19H22N6O2. The molecule has 0 aromatic carbocycles. The Hall–Kier alpha value is -3.16. The molecule has 4 rings (SSSR count). The first-order valence-corrected chi connectivity index (χ1v) is 9.05. The van der Waals surface area contributed by atoms with Crippen LogP contribution in [0.25, 0.3) is 22.2 Å². The van der Waals surface area contributed by atoms with E-state index in [-0.39, 0.29) is 12.1 Å². The van der Waals surface area contributed by atoms with Crippen LogP contribution >= 0.6 is 0 Å². The summed E-state index contributed by atoms with van der Waals surface area (Å²) < 4.78 is 7.15. The molecule has 3 aromatic rings. The normalized spacial score (nSPS) is 14.4. The number of methoxy groups -OCH3 is 1. The minimum Gasteiger partial charge on any atom is -0.481 e. The zero-order valence-electron chi connectivity index (χ0n) is 15.4. The Morgan fingerprint density at radius 3 is 2.74 bits per heavy atom. The standard InChI is InChI=1S/C19H22N6O2/c1-25-11-12(10-20-25)14-9-16-15(23-18(14)27-2)7-8-17(22-16)24-19(26)21-13-5-3-4-6-13/h7-11,13H,3-6H2,1-2H3,(H2,21,22,24,26). The van der Waals surface area contributed by atoms with Crippen molar-refractivity contribution in [1.82, 2.24) is 25.1 Å². The number of amides is 2. The highest BCUT2D eigenvalue weighted by Gasteiger charge is 2.17. The number of nitrogens with one attached hydrogen (secondary N) is 2. The van der Waals surface area contributed by atoms with Crippen LogP contribution in [0, 0.1) is 0 Å². The van der Waals surface area contributed by atoms with E-state index in [1.54, 1.807) is 24.1 Å². The van der Waals surface area contributed by atoms with Gasteiger partial charge in [0, 0.05) is 30.4 Å². The first kappa shape index (κ1) is 17.3. The predicted molar refractivity (Wildman–Crippen MR) is 103 cm³/mol. The maximum Gasteiger partial charge on any atom is 0.320 e. The highest BCUT2D eigenvalue weighted by molar-refractivity contribution is 5.91. The quantitative estimate of drug-likeness (QED) is 0.740. The number of pyridine rings is 2. The van der Waals surface area contributed by atoms with Gasteiger partial charge in [-0.2, -0.15) is 5.10 Å². The number of rotatable bonds is 4. The number of nitrogens with zero attached hydrogens (tertiary/aromatic N) is 4. The molecule has 1 saturated carbocycles. The molecule has 2 amide bonds. The molecule has 0 saturated heterocycles. The Kier molecular flexibility index (Phi) is 4.62. The smallest absolute Gasteiger partial charge is 0.320 e. The lowest BCUT2D eigenvalue weighted by atomic mass is 10.1. The molecule has 1 aliphatic rings. The number of ether oxygens (including phenoxy) is 1. The summed E-state index contributed by atoms with van der Waals surface area (Å²) in [7, 11) is 3.44. The van der Waals surface area contributed by atoms with Crippen molar-refractivity contribution in [1.29, 1.82) is 0 Å². The molecular weight excluding hydrogens is 344 g/mol. The van der Waals surface area contributed by atoms with E-state index in [0.717, 1.165) is 24.0 Å². The van der Waals surface area contributed by atoms with Gasteiger partial charge in [-0.05, 0) is 31.0 Å². The molecule has 0 aliphatic heterocycles. The lowest BCUT2D eigenvalue weighted by molar-refractivity contribution is 0.248. The summed E-state index contributed by atoms with van der Waals surface area (Å²) in [5.74, 6) is 0.999. The zero-order chi connectivity index (χ0) is 18.8. The van der Waals surface area contributed by atoms with Crippen LogP contribution in [-0.2, 0) is 7.05 Å². The monoisotopic (exact) mass is 366 g/mol. The second kappa shape index (κ2) is 7.22. The second-order valence-corrected chi connectivity index (χ2v) is 6.76. The lowest BCUT2D eigenvalue weighted by Gasteiger charge is -2.13. The molecule has 0 spiro atoms. The minimum absolute atomic E-state index is 0.220. The van der Waals surface area contributed by atoms with Crippen LogP contribution < -0.4 is 15.4 Å². The number of anilines is 1. The summed E-state index contributed by atoms with van der Waals surface area (Å²) in [5, 5.41) is 10.0. The molecule has 27 heavy (non-hydrogen) atoms. The molecule has 1 aliphatic carbocycles. The van der Waals surface area contributed by atoms with Crippen LogP contribution in [0.15, 0.2) is 30.6 Å². The molecule has 8 nitrogen and oxygen atoms in total. The van der Waals surface area contributed by atoms with Gasteiger partial charge < -0.3 is 10.1 Å². The number of carbonyl (C=O) groups excluding carboxylic acids is 1. The van der Waals surface area contributed by atoms with E-state index in [4.69, 9.17) is 4.74 Å². The molecule has 0 radical (unpaired) electrons. The van der Waals surface area contributed by atoms with Gasteiger partial charge in [0.05, 0.1) is 24.3 Å². The number of aromatic nitrogens is 4. The summed E-state index contributed by atoms with van der Waals surface area (Å²) in [6.07, 6.45) is 8.06. The van der Waals surface area contributed by atoms with Crippen LogP contribution in [0.1, 0.15) is 25.7 Å². The summed E-state index contributed by atoms with van der Waals surface area (Å²) in [6.45, 7) is 0. The summed E-state index contributed by atoms with van der Waals surface area (Å²) in [6, 6.07) is 5.50. The van der Waals surface area contributed by atoms with Crippen molar-refractivity contribution < 1.29 is 9.53 Å². The minimum atomic E-state index is -0.220. The number of urea groups is 1. The van der Waals surface area contributed by atoms with E-state index < -0.39 is 0 Å². The number of hydrogen-bond acceptors (Lipinski definition) is 5. The van der Waals surface area contributed by atoms with E-state index in [1.165, 1.54) is 12.8 Å². The van der Waals surface area contributed by atoms with Gasteiger partial charge in [-0.25, -0.2) is 14.8 Å². The summed E-state index contributed by atoms with van der Waals surface area (Å²) >= 11 is 0. The lowest BCUT2D eigenvalue weighted by Crippen LogP contribution is -2.36. The Morgan fingerprint density at radius 1 is 1.22 bits per heavy atom. The topological polar surface area (TPSA) is 94.0 Å². The number of hydrogen-bond donors (Lipinski definition) is 2. The van der Waals surface area contributed by atoms with E-state index >= 15 is 0 Å². The SMILES string of the molecule is COc1nc2ccc(NC(=O)NC3CCCC3)nc2cc1-c1cnn(C)c1. The summed E-state index contributed by atoms with van der Waals surface area (Å²) in [4.78, 5) is 21.3. The predicted octanol–water partition coefficient (Wildman–Crippen LogP) is 3.10. The highest BCUT2D eigenvalue weighted by Crippen LogP contribution is 2.31. The molecule has 8 heteroatoms. The van der Waals surface area contributed by atoms with Crippen molar-refractivity contribution in [3.05, 3.63) is 30.6 Å². The summed E-state index contributed by atoms with van der Waals surface area (Å²) in [5.41, 5.74) is 3.07. The second-order valence-electron chi connectivity index (χ2n) is 6.76. The van der Waals surface area contributed by atoms with E-state index in [2.05, 4.69) is 25.7 Å². The molecule has 140 valence electrons. The number of fused-ring (bicyclic) bond motifs is 1. The highest BCUT2D eigenvalue weighted by atomic mass is 16.5. The maximum atomic E-state index is 12.2. The number of carbonyl (C=O) groups is 1. The zero-order valence-corrected chi connectivity index (χ0v) is 15.4.